The Balaban J connectivity index is 2.15. The van der Waals surface area contributed by atoms with Crippen LogP contribution < -0.4 is 10.9 Å². The number of hydrogen-bond donors (Lipinski definition) is 1. The minimum Gasteiger partial charge on any atom is -0.352 e. The van der Waals surface area contributed by atoms with Crippen molar-refractivity contribution in [3.8, 4) is 5.69 Å². The Bertz CT molecular complexity index is 1000. The normalized spacial score (nSPS) is 15.3. The molecule has 29 heavy (non-hydrogen) atoms. The first kappa shape index (κ1) is 21.3. The van der Waals surface area contributed by atoms with Crippen molar-refractivity contribution >= 4 is 23.3 Å². The van der Waals surface area contributed by atoms with Crippen LogP contribution in [0.25, 0.3) is 5.69 Å². The molecule has 1 aliphatic carbocycles. The smallest absolute Gasteiger partial charge is 0.268 e. The van der Waals surface area contributed by atoms with E-state index in [1.54, 1.807) is 30.5 Å². The van der Waals surface area contributed by atoms with Crippen LogP contribution in [-0.2, 0) is 6.42 Å². The lowest BCUT2D eigenvalue weighted by Gasteiger charge is -2.31. The van der Waals surface area contributed by atoms with Gasteiger partial charge in [0.25, 0.3) is 11.5 Å². The van der Waals surface area contributed by atoms with E-state index < -0.39 is 11.5 Å². The summed E-state index contributed by atoms with van der Waals surface area (Å²) >= 11 is 5.97. The van der Waals surface area contributed by atoms with Crippen molar-refractivity contribution in [3.05, 3.63) is 62.5 Å². The summed E-state index contributed by atoms with van der Waals surface area (Å²) < 4.78 is 1.38. The number of fused-ring (bicyclic) bond motifs is 1. The van der Waals surface area contributed by atoms with Crippen LogP contribution in [0.1, 0.15) is 66.8 Å². The quantitative estimate of drug-likeness (QED) is 0.787. The van der Waals surface area contributed by atoms with Crippen LogP contribution >= 0.6 is 11.6 Å². The third-order valence-electron chi connectivity index (χ3n) is 5.25. The van der Waals surface area contributed by atoms with Gasteiger partial charge < -0.3 is 5.32 Å². The summed E-state index contributed by atoms with van der Waals surface area (Å²) in [5.74, 6) is -0.0258. The van der Waals surface area contributed by atoms with Crippen molar-refractivity contribution in [1.82, 2.24) is 9.88 Å². The predicted octanol–water partition coefficient (Wildman–Crippen LogP) is 4.42. The zero-order valence-corrected chi connectivity index (χ0v) is 18.1. The van der Waals surface area contributed by atoms with Crippen LogP contribution in [0.5, 0.6) is 0 Å². The molecule has 0 aliphatic heterocycles. The molecule has 1 aliphatic rings. The van der Waals surface area contributed by atoms with Gasteiger partial charge in [0.1, 0.15) is 5.56 Å². The van der Waals surface area contributed by atoms with Crippen LogP contribution in [0.3, 0.4) is 0 Å². The van der Waals surface area contributed by atoms with E-state index in [1.807, 2.05) is 13.8 Å². The average molecular weight is 415 g/mol. The van der Waals surface area contributed by atoms with Crippen LogP contribution in [0.2, 0.25) is 5.02 Å². The number of carbonyl (C=O) groups is 2. The monoisotopic (exact) mass is 414 g/mol. The maximum absolute atomic E-state index is 13.3. The molecule has 6 heteroatoms. The molecule has 0 fully saturated rings. The first-order valence-corrected chi connectivity index (χ1v) is 10.3. The molecule has 3 rings (SSSR count). The van der Waals surface area contributed by atoms with Gasteiger partial charge in [0.2, 0.25) is 0 Å². The number of nitrogens with one attached hydrogen (secondary N) is 1. The summed E-state index contributed by atoms with van der Waals surface area (Å²) in [6.45, 7) is 8.60. The second-order valence-corrected chi connectivity index (χ2v) is 9.36. The molecule has 0 saturated heterocycles. The van der Waals surface area contributed by atoms with E-state index in [9.17, 15) is 14.4 Å². The predicted molar refractivity (Wildman–Crippen MR) is 115 cm³/mol. The molecule has 154 valence electrons. The molecule has 1 heterocycles. The maximum atomic E-state index is 13.3. The molecule has 0 atom stereocenters. The number of benzene rings is 1. The van der Waals surface area contributed by atoms with E-state index in [-0.39, 0.29) is 16.8 Å². The molecule has 1 N–H and O–H groups in total. The molecular weight excluding hydrogens is 388 g/mol. The van der Waals surface area contributed by atoms with Crippen LogP contribution in [0, 0.1) is 11.3 Å². The molecule has 0 spiro atoms. The molecule has 1 amide bonds. The summed E-state index contributed by atoms with van der Waals surface area (Å²) in [5.41, 5.74) is 0.934. The Morgan fingerprint density at radius 3 is 2.45 bits per heavy atom. The highest BCUT2D eigenvalue weighted by molar-refractivity contribution is 6.30. The van der Waals surface area contributed by atoms with Gasteiger partial charge in [-0.25, -0.2) is 0 Å². The number of rotatable bonds is 5. The Morgan fingerprint density at radius 1 is 1.17 bits per heavy atom. The summed E-state index contributed by atoms with van der Waals surface area (Å²) in [6, 6.07) is 6.76. The number of aromatic nitrogens is 1. The van der Waals surface area contributed by atoms with Gasteiger partial charge in [0.05, 0.1) is 0 Å². The number of amides is 1. The fourth-order valence-corrected chi connectivity index (χ4v) is 3.86. The van der Waals surface area contributed by atoms with E-state index in [2.05, 4.69) is 19.2 Å². The zero-order valence-electron chi connectivity index (χ0n) is 17.3. The number of Topliss-reactive ketones (excluding diaryl/α,β-unsaturated/α-hetero) is 1. The van der Waals surface area contributed by atoms with Crippen molar-refractivity contribution in [3.63, 3.8) is 0 Å². The van der Waals surface area contributed by atoms with E-state index >= 15 is 0 Å². The number of halogens is 1. The second kappa shape index (κ2) is 8.15. The number of hydrogen-bond acceptors (Lipinski definition) is 3. The lowest BCUT2D eigenvalue weighted by molar-refractivity contribution is 0.0909. The van der Waals surface area contributed by atoms with Crippen LogP contribution in [0.4, 0.5) is 0 Å². The number of pyridine rings is 1. The summed E-state index contributed by atoms with van der Waals surface area (Å²) in [7, 11) is 0. The highest BCUT2D eigenvalue weighted by Crippen LogP contribution is 2.35. The third-order valence-corrected chi connectivity index (χ3v) is 5.50. The zero-order chi connectivity index (χ0) is 21.3. The summed E-state index contributed by atoms with van der Waals surface area (Å²) in [4.78, 5) is 39.2. The molecule has 0 bridgehead atoms. The Hall–Kier alpha value is -2.40. The summed E-state index contributed by atoms with van der Waals surface area (Å²) in [5, 5.41) is 3.41. The third kappa shape index (κ3) is 4.61. The van der Waals surface area contributed by atoms with Gasteiger partial charge in [-0.1, -0.05) is 39.3 Å². The number of ketones is 1. The van der Waals surface area contributed by atoms with Gasteiger partial charge in [-0.2, -0.15) is 0 Å². The minimum absolute atomic E-state index is 0.0461. The molecule has 0 saturated carbocycles. The van der Waals surface area contributed by atoms with Gasteiger partial charge in [-0.3, -0.25) is 19.0 Å². The van der Waals surface area contributed by atoms with Crippen LogP contribution in [0.15, 0.2) is 35.3 Å². The van der Waals surface area contributed by atoms with Gasteiger partial charge in [0, 0.05) is 35.4 Å². The van der Waals surface area contributed by atoms with E-state index in [4.69, 9.17) is 11.6 Å². The number of nitrogens with zero attached hydrogens (tertiary/aromatic N) is 1. The standard InChI is InChI=1S/C23H27ClN2O3/c1-14(2)9-10-25-21(28)20-17-11-23(3,4)12-19(27)18(17)13-26(22(20)29)16-7-5-15(24)6-8-16/h5-8,13-14H,9-12H2,1-4H3,(H,25,28). The molecule has 0 unspecified atom stereocenters. The first-order valence-electron chi connectivity index (χ1n) is 9.95. The van der Waals surface area contributed by atoms with Gasteiger partial charge in [0.15, 0.2) is 5.78 Å². The van der Waals surface area contributed by atoms with Gasteiger partial charge in [-0.15, -0.1) is 0 Å². The lowest BCUT2D eigenvalue weighted by atomic mass is 9.73. The van der Waals surface area contributed by atoms with Crippen molar-refractivity contribution in [1.29, 1.82) is 0 Å². The van der Waals surface area contributed by atoms with Crippen LogP contribution in [-0.4, -0.2) is 22.8 Å². The summed E-state index contributed by atoms with van der Waals surface area (Å²) in [6.07, 6.45) is 3.28. The Labute approximate surface area is 176 Å². The fraction of sp³-hybridized carbons (Fsp3) is 0.435. The molecule has 2 aromatic rings. The van der Waals surface area contributed by atoms with Crippen molar-refractivity contribution in [2.75, 3.05) is 6.54 Å². The average Bonchev–Trinajstić information content (AvgIpc) is 2.61. The molecule has 1 aromatic carbocycles. The minimum atomic E-state index is -0.418. The van der Waals surface area contributed by atoms with Gasteiger partial charge >= 0.3 is 0 Å². The number of carbonyl (C=O) groups excluding carboxylic acids is 2. The lowest BCUT2D eigenvalue weighted by Crippen LogP contribution is -2.39. The second-order valence-electron chi connectivity index (χ2n) is 8.93. The van der Waals surface area contributed by atoms with Crippen molar-refractivity contribution < 1.29 is 9.59 Å². The maximum Gasteiger partial charge on any atom is 0.268 e. The largest absolute Gasteiger partial charge is 0.352 e. The highest BCUT2D eigenvalue weighted by Gasteiger charge is 2.35. The van der Waals surface area contributed by atoms with E-state index in [1.165, 1.54) is 4.57 Å². The Kier molecular flexibility index (Phi) is 5.99. The van der Waals surface area contributed by atoms with Crippen molar-refractivity contribution in [2.24, 2.45) is 11.3 Å². The molecule has 5 nitrogen and oxygen atoms in total. The highest BCUT2D eigenvalue weighted by atomic mass is 35.5. The van der Waals surface area contributed by atoms with Gasteiger partial charge in [-0.05, 0) is 54.0 Å². The first-order chi connectivity index (χ1) is 13.6. The van der Waals surface area contributed by atoms with E-state index in [0.29, 0.717) is 47.1 Å². The van der Waals surface area contributed by atoms with E-state index in [0.717, 1.165) is 6.42 Å². The topological polar surface area (TPSA) is 68.2 Å². The molecule has 0 radical (unpaired) electrons. The molecular formula is C23H27ClN2O3. The molecule has 1 aromatic heterocycles. The van der Waals surface area contributed by atoms with Crippen molar-refractivity contribution in [2.45, 2.75) is 47.0 Å². The Morgan fingerprint density at radius 2 is 1.83 bits per heavy atom. The SMILES string of the molecule is CC(C)CCNC(=O)c1c2c(cn(-c3ccc(Cl)cc3)c1=O)C(=O)CC(C)(C)C2. The fourth-order valence-electron chi connectivity index (χ4n) is 3.74.